The summed E-state index contributed by atoms with van der Waals surface area (Å²) in [5.74, 6) is -1.71. The van der Waals surface area contributed by atoms with E-state index in [0.29, 0.717) is 12.0 Å². The van der Waals surface area contributed by atoms with Crippen LogP contribution in [0, 0.1) is 5.82 Å². The first-order valence-corrected chi connectivity index (χ1v) is 10.7. The fourth-order valence-corrected chi connectivity index (χ4v) is 4.00. The number of amides is 2. The van der Waals surface area contributed by atoms with E-state index in [4.69, 9.17) is 9.47 Å². The first-order chi connectivity index (χ1) is 16.3. The van der Waals surface area contributed by atoms with E-state index in [1.807, 2.05) is 0 Å². The standard InChI is InChI=1S/C23H25FN4O6/c1-25-21(30)15-11-28-18-17(19(29)16(23(28)32)22(31)26-7-8-33-2)27-10-13(20(18)34-15)9-12-3-5-14(24)6-4-12/h3-6,10,15,23,29,32H,7-9,11H2,1-2H3,(H,25,30)(H,26,31)/t15-,23?/m1/s1. The van der Waals surface area contributed by atoms with E-state index >= 15 is 0 Å². The van der Waals surface area contributed by atoms with Crippen LogP contribution in [0.4, 0.5) is 10.1 Å². The average Bonchev–Trinajstić information content (AvgIpc) is 2.84. The van der Waals surface area contributed by atoms with E-state index in [1.54, 1.807) is 12.1 Å². The van der Waals surface area contributed by atoms with Crippen LogP contribution in [0.25, 0.3) is 5.76 Å². The number of likely N-dealkylation sites (N-methyl/N-ethyl adjacent to an activating group) is 1. The Morgan fingerprint density at radius 2 is 2.06 bits per heavy atom. The van der Waals surface area contributed by atoms with Crippen molar-refractivity contribution in [3.8, 4) is 5.75 Å². The van der Waals surface area contributed by atoms with Gasteiger partial charge in [-0.2, -0.15) is 0 Å². The van der Waals surface area contributed by atoms with E-state index in [-0.39, 0.29) is 48.2 Å². The van der Waals surface area contributed by atoms with Crippen LogP contribution in [-0.2, 0) is 20.7 Å². The summed E-state index contributed by atoms with van der Waals surface area (Å²) in [6.07, 6.45) is -0.772. The van der Waals surface area contributed by atoms with Gasteiger partial charge in [0.2, 0.25) is 0 Å². The molecule has 2 atom stereocenters. The Balaban J connectivity index is 1.79. The molecular weight excluding hydrogens is 447 g/mol. The molecule has 180 valence electrons. The monoisotopic (exact) mass is 472 g/mol. The molecule has 2 aliphatic heterocycles. The number of benzene rings is 1. The molecule has 4 N–H and O–H groups in total. The average molecular weight is 472 g/mol. The Morgan fingerprint density at radius 3 is 2.74 bits per heavy atom. The van der Waals surface area contributed by atoms with Crippen molar-refractivity contribution in [3.63, 3.8) is 0 Å². The van der Waals surface area contributed by atoms with Gasteiger partial charge in [0, 0.05) is 38.9 Å². The summed E-state index contributed by atoms with van der Waals surface area (Å²) >= 11 is 0. The summed E-state index contributed by atoms with van der Waals surface area (Å²) in [6.45, 7) is 0.341. The van der Waals surface area contributed by atoms with Gasteiger partial charge >= 0.3 is 0 Å². The van der Waals surface area contributed by atoms with Crippen molar-refractivity contribution < 1.29 is 33.7 Å². The topological polar surface area (TPSA) is 133 Å². The maximum atomic E-state index is 13.3. The van der Waals surface area contributed by atoms with Gasteiger partial charge in [0.15, 0.2) is 23.8 Å². The molecule has 10 nitrogen and oxygen atoms in total. The maximum absolute atomic E-state index is 13.3. The third kappa shape index (κ3) is 4.27. The summed E-state index contributed by atoms with van der Waals surface area (Å²) in [7, 11) is 2.95. The number of halogens is 1. The normalized spacial score (nSPS) is 18.8. The molecule has 1 unspecified atom stereocenters. The number of anilines is 1. The van der Waals surface area contributed by atoms with E-state index < -0.39 is 29.9 Å². The Morgan fingerprint density at radius 1 is 1.32 bits per heavy atom. The fraction of sp³-hybridized carbons (Fsp3) is 0.348. The van der Waals surface area contributed by atoms with Crippen molar-refractivity contribution in [2.24, 2.45) is 0 Å². The van der Waals surface area contributed by atoms with E-state index in [0.717, 1.165) is 5.56 Å². The minimum absolute atomic E-state index is 0.0513. The number of aliphatic hydroxyl groups excluding tert-OH is 2. The quantitative estimate of drug-likeness (QED) is 0.428. The zero-order valence-corrected chi connectivity index (χ0v) is 18.7. The number of ether oxygens (including phenoxy) is 2. The minimum Gasteiger partial charge on any atom is -0.505 e. The molecule has 0 spiro atoms. The van der Waals surface area contributed by atoms with Crippen molar-refractivity contribution >= 4 is 23.3 Å². The second-order valence-corrected chi connectivity index (χ2v) is 7.87. The number of carbonyl (C=O) groups excluding carboxylic acids is 2. The number of carbonyl (C=O) groups is 2. The number of hydrogen-bond donors (Lipinski definition) is 4. The van der Waals surface area contributed by atoms with Gasteiger partial charge in [-0.1, -0.05) is 12.1 Å². The molecule has 0 radical (unpaired) electrons. The SMILES string of the molecule is CNC(=O)[C@H]1CN2c3c(ncc(Cc4ccc(F)cc4)c3O1)C(O)=C(C(=O)NCCOC)C2O. The lowest BCUT2D eigenvalue weighted by atomic mass is 9.96. The van der Waals surface area contributed by atoms with Crippen LogP contribution < -0.4 is 20.3 Å². The summed E-state index contributed by atoms with van der Waals surface area (Å²) in [5.41, 5.74) is 1.38. The molecule has 2 aromatic rings. The number of methoxy groups -OCH3 is 1. The molecule has 2 amide bonds. The smallest absolute Gasteiger partial charge is 0.262 e. The van der Waals surface area contributed by atoms with Crippen LogP contribution in [0.15, 0.2) is 36.0 Å². The molecule has 4 rings (SSSR count). The highest BCUT2D eigenvalue weighted by Crippen LogP contribution is 2.46. The van der Waals surface area contributed by atoms with Gasteiger partial charge in [0.05, 0.1) is 13.2 Å². The molecule has 0 fully saturated rings. The molecule has 0 saturated carbocycles. The lowest BCUT2D eigenvalue weighted by Crippen LogP contribution is -2.55. The van der Waals surface area contributed by atoms with Crippen LogP contribution in [0.1, 0.15) is 16.8 Å². The van der Waals surface area contributed by atoms with Crippen molar-refractivity contribution in [2.75, 3.05) is 38.8 Å². The molecule has 1 aromatic carbocycles. The van der Waals surface area contributed by atoms with Gasteiger partial charge < -0.3 is 35.2 Å². The largest absolute Gasteiger partial charge is 0.505 e. The number of rotatable bonds is 7. The Labute approximate surface area is 195 Å². The number of pyridine rings is 1. The number of hydrogen-bond acceptors (Lipinski definition) is 8. The molecule has 0 bridgehead atoms. The zero-order chi connectivity index (χ0) is 24.4. The highest BCUT2D eigenvalue weighted by atomic mass is 19.1. The fourth-order valence-electron chi connectivity index (χ4n) is 4.00. The second kappa shape index (κ2) is 9.65. The highest BCUT2D eigenvalue weighted by molar-refractivity contribution is 6.04. The molecule has 3 heterocycles. The zero-order valence-electron chi connectivity index (χ0n) is 18.7. The van der Waals surface area contributed by atoms with Crippen molar-refractivity contribution in [1.82, 2.24) is 15.6 Å². The predicted octanol–water partition coefficient (Wildman–Crippen LogP) is 0.489. The first kappa shape index (κ1) is 23.5. The van der Waals surface area contributed by atoms with Crippen molar-refractivity contribution in [1.29, 1.82) is 0 Å². The molecule has 0 saturated heterocycles. The van der Waals surface area contributed by atoms with Crippen LogP contribution in [0.2, 0.25) is 0 Å². The lowest BCUT2D eigenvalue weighted by molar-refractivity contribution is -0.127. The van der Waals surface area contributed by atoms with Crippen LogP contribution in [-0.4, -0.2) is 73.2 Å². The Bertz CT molecular complexity index is 1140. The molecule has 2 aliphatic rings. The predicted molar refractivity (Wildman–Crippen MR) is 120 cm³/mol. The van der Waals surface area contributed by atoms with Crippen molar-refractivity contribution in [2.45, 2.75) is 18.8 Å². The number of aliphatic hydroxyl groups is 2. The van der Waals surface area contributed by atoms with Gasteiger partial charge in [-0.05, 0) is 17.7 Å². The first-order valence-electron chi connectivity index (χ1n) is 10.7. The molecule has 0 aliphatic carbocycles. The molecule has 1 aromatic heterocycles. The van der Waals surface area contributed by atoms with E-state index in [1.165, 1.54) is 37.4 Å². The van der Waals surface area contributed by atoms with Crippen LogP contribution in [0.5, 0.6) is 5.75 Å². The van der Waals surface area contributed by atoms with Gasteiger partial charge in [0.25, 0.3) is 11.8 Å². The second-order valence-electron chi connectivity index (χ2n) is 7.87. The third-order valence-corrected chi connectivity index (χ3v) is 5.71. The van der Waals surface area contributed by atoms with E-state index in [9.17, 15) is 24.2 Å². The number of aromatic nitrogens is 1. The highest BCUT2D eigenvalue weighted by Gasteiger charge is 2.44. The number of nitrogens with zero attached hydrogens (tertiary/aromatic N) is 2. The summed E-state index contributed by atoms with van der Waals surface area (Å²) < 4.78 is 24.3. The van der Waals surface area contributed by atoms with E-state index in [2.05, 4.69) is 15.6 Å². The summed E-state index contributed by atoms with van der Waals surface area (Å²) in [5, 5.41) is 27.1. The van der Waals surface area contributed by atoms with Gasteiger partial charge in [-0.15, -0.1) is 0 Å². The third-order valence-electron chi connectivity index (χ3n) is 5.71. The molecule has 34 heavy (non-hydrogen) atoms. The number of nitrogens with one attached hydrogen (secondary N) is 2. The van der Waals surface area contributed by atoms with Crippen LogP contribution in [0.3, 0.4) is 0 Å². The summed E-state index contributed by atoms with van der Waals surface area (Å²) in [6, 6.07) is 5.90. The van der Waals surface area contributed by atoms with Crippen LogP contribution >= 0.6 is 0 Å². The van der Waals surface area contributed by atoms with Crippen molar-refractivity contribution in [3.05, 3.63) is 58.7 Å². The minimum atomic E-state index is -1.55. The molecular formula is C23H25FN4O6. The molecule has 11 heteroatoms. The lowest BCUT2D eigenvalue weighted by Gasteiger charge is -2.42. The van der Waals surface area contributed by atoms with Gasteiger partial charge in [-0.25, -0.2) is 4.39 Å². The Kier molecular flexibility index (Phi) is 6.66. The van der Waals surface area contributed by atoms with Gasteiger partial charge in [-0.3, -0.25) is 14.6 Å². The Hall–Kier alpha value is -3.70. The maximum Gasteiger partial charge on any atom is 0.262 e. The summed E-state index contributed by atoms with van der Waals surface area (Å²) in [4.78, 5) is 30.9. The van der Waals surface area contributed by atoms with Gasteiger partial charge in [0.1, 0.15) is 22.8 Å².